The van der Waals surface area contributed by atoms with Gasteiger partial charge in [-0.3, -0.25) is 0 Å². The van der Waals surface area contributed by atoms with Gasteiger partial charge in [0.15, 0.2) is 0 Å². The first-order valence-electron chi connectivity index (χ1n) is 5.24. The van der Waals surface area contributed by atoms with E-state index in [9.17, 15) is 0 Å². The molecule has 0 aliphatic carbocycles. The molecule has 88 valence electrons. The smallest absolute Gasteiger partial charge is 0.222 e. The molecule has 1 aliphatic rings. The van der Waals surface area contributed by atoms with Gasteiger partial charge >= 0.3 is 0 Å². The lowest BCUT2D eigenvalue weighted by Gasteiger charge is -2.36. The molecule has 16 heavy (non-hydrogen) atoms. The lowest BCUT2D eigenvalue weighted by Crippen LogP contribution is -2.46. The van der Waals surface area contributed by atoms with Crippen LogP contribution in [-0.2, 0) is 4.74 Å². The van der Waals surface area contributed by atoms with Crippen molar-refractivity contribution in [2.45, 2.75) is 26.1 Å². The van der Waals surface area contributed by atoms with E-state index in [4.69, 9.17) is 10.5 Å². The molecular formula is C10H15BrN4O. The van der Waals surface area contributed by atoms with Crippen molar-refractivity contribution in [1.82, 2.24) is 9.97 Å². The number of anilines is 2. The molecule has 2 rings (SSSR count). The van der Waals surface area contributed by atoms with Gasteiger partial charge in [0.1, 0.15) is 5.82 Å². The third-order valence-corrected chi connectivity index (χ3v) is 3.02. The highest BCUT2D eigenvalue weighted by molar-refractivity contribution is 9.10. The summed E-state index contributed by atoms with van der Waals surface area (Å²) >= 11 is 3.44. The van der Waals surface area contributed by atoms with Crippen LogP contribution in [0.15, 0.2) is 10.7 Å². The quantitative estimate of drug-likeness (QED) is 0.846. The summed E-state index contributed by atoms with van der Waals surface area (Å²) < 4.78 is 6.54. The van der Waals surface area contributed by atoms with Crippen LogP contribution in [0.1, 0.15) is 13.8 Å². The van der Waals surface area contributed by atoms with Crippen LogP contribution in [0.25, 0.3) is 0 Å². The first-order valence-corrected chi connectivity index (χ1v) is 6.04. The molecule has 5 nitrogen and oxygen atoms in total. The van der Waals surface area contributed by atoms with Gasteiger partial charge in [-0.2, -0.15) is 4.98 Å². The largest absolute Gasteiger partial charge is 0.372 e. The average Bonchev–Trinajstić information content (AvgIpc) is 2.20. The van der Waals surface area contributed by atoms with Crippen molar-refractivity contribution >= 4 is 27.7 Å². The second-order valence-corrected chi connectivity index (χ2v) is 4.92. The van der Waals surface area contributed by atoms with Crippen LogP contribution in [0.2, 0.25) is 0 Å². The van der Waals surface area contributed by atoms with Gasteiger partial charge in [0.25, 0.3) is 0 Å². The minimum Gasteiger partial charge on any atom is -0.372 e. The second kappa shape index (κ2) is 4.55. The number of rotatable bonds is 1. The van der Waals surface area contributed by atoms with E-state index < -0.39 is 0 Å². The molecule has 2 heterocycles. The summed E-state index contributed by atoms with van der Waals surface area (Å²) in [5.41, 5.74) is 5.60. The highest BCUT2D eigenvalue weighted by Gasteiger charge is 2.24. The van der Waals surface area contributed by atoms with Crippen molar-refractivity contribution in [3.63, 3.8) is 0 Å². The Morgan fingerprint density at radius 2 is 2.06 bits per heavy atom. The summed E-state index contributed by atoms with van der Waals surface area (Å²) in [5, 5.41) is 0. The predicted octanol–water partition coefficient (Wildman–Crippen LogP) is 1.43. The minimum absolute atomic E-state index is 0.201. The number of halogens is 1. The summed E-state index contributed by atoms with van der Waals surface area (Å²) in [4.78, 5) is 10.4. The summed E-state index contributed by atoms with van der Waals surface area (Å²) in [5.74, 6) is 1.14. The molecule has 1 aromatic heterocycles. The van der Waals surface area contributed by atoms with Crippen molar-refractivity contribution in [3.05, 3.63) is 10.7 Å². The number of hydrogen-bond acceptors (Lipinski definition) is 5. The molecule has 2 unspecified atom stereocenters. The Morgan fingerprint density at radius 3 is 2.69 bits per heavy atom. The Hall–Kier alpha value is -0.880. The second-order valence-electron chi connectivity index (χ2n) is 4.06. The van der Waals surface area contributed by atoms with E-state index in [1.54, 1.807) is 6.20 Å². The van der Waals surface area contributed by atoms with Gasteiger partial charge in [0.2, 0.25) is 5.95 Å². The summed E-state index contributed by atoms with van der Waals surface area (Å²) in [7, 11) is 0. The van der Waals surface area contributed by atoms with Crippen molar-refractivity contribution in [2.24, 2.45) is 0 Å². The summed E-state index contributed by atoms with van der Waals surface area (Å²) in [6.07, 6.45) is 2.08. The highest BCUT2D eigenvalue weighted by Crippen LogP contribution is 2.26. The van der Waals surface area contributed by atoms with E-state index in [1.807, 2.05) is 0 Å². The Bertz CT molecular complexity index is 377. The van der Waals surface area contributed by atoms with Crippen LogP contribution in [0.4, 0.5) is 11.8 Å². The van der Waals surface area contributed by atoms with E-state index in [2.05, 4.69) is 44.6 Å². The van der Waals surface area contributed by atoms with Crippen LogP contribution < -0.4 is 10.6 Å². The van der Waals surface area contributed by atoms with Gasteiger partial charge in [-0.25, -0.2) is 4.98 Å². The zero-order chi connectivity index (χ0) is 11.7. The fraction of sp³-hybridized carbons (Fsp3) is 0.600. The van der Waals surface area contributed by atoms with Crippen LogP contribution in [0.3, 0.4) is 0 Å². The molecule has 1 fully saturated rings. The number of ether oxygens (including phenoxy) is 1. The van der Waals surface area contributed by atoms with Crippen LogP contribution in [-0.4, -0.2) is 35.3 Å². The number of nitrogens with zero attached hydrogens (tertiary/aromatic N) is 3. The lowest BCUT2D eigenvalue weighted by atomic mass is 10.2. The van der Waals surface area contributed by atoms with Crippen molar-refractivity contribution in [3.8, 4) is 0 Å². The van der Waals surface area contributed by atoms with E-state index in [0.717, 1.165) is 23.4 Å². The molecule has 0 radical (unpaired) electrons. The molecule has 1 aliphatic heterocycles. The number of nitrogens with two attached hydrogens (primary N) is 1. The molecule has 0 bridgehead atoms. The zero-order valence-electron chi connectivity index (χ0n) is 9.35. The number of nitrogen functional groups attached to an aromatic ring is 1. The summed E-state index contributed by atoms with van der Waals surface area (Å²) in [6.45, 7) is 5.75. The molecule has 6 heteroatoms. The zero-order valence-corrected chi connectivity index (χ0v) is 10.9. The van der Waals surface area contributed by atoms with Gasteiger partial charge in [-0.15, -0.1) is 0 Å². The SMILES string of the molecule is CC1CN(c2nc(N)ncc2Br)CC(C)O1. The maximum atomic E-state index is 5.68. The fourth-order valence-corrected chi connectivity index (χ4v) is 2.39. The van der Waals surface area contributed by atoms with E-state index >= 15 is 0 Å². The van der Waals surface area contributed by atoms with Gasteiger partial charge in [0.05, 0.1) is 16.7 Å². The molecule has 1 aromatic rings. The van der Waals surface area contributed by atoms with E-state index in [1.165, 1.54) is 0 Å². The number of hydrogen-bond donors (Lipinski definition) is 1. The average molecular weight is 287 g/mol. The van der Waals surface area contributed by atoms with Gasteiger partial charge in [-0.05, 0) is 29.8 Å². The Morgan fingerprint density at radius 1 is 1.44 bits per heavy atom. The maximum Gasteiger partial charge on any atom is 0.222 e. The van der Waals surface area contributed by atoms with E-state index in [0.29, 0.717) is 5.95 Å². The Labute approximate surface area is 103 Å². The predicted molar refractivity (Wildman–Crippen MR) is 66.4 cm³/mol. The van der Waals surface area contributed by atoms with Crippen molar-refractivity contribution in [2.75, 3.05) is 23.7 Å². The van der Waals surface area contributed by atoms with Gasteiger partial charge in [-0.1, -0.05) is 0 Å². The molecule has 2 N–H and O–H groups in total. The van der Waals surface area contributed by atoms with Gasteiger partial charge < -0.3 is 15.4 Å². The number of aromatic nitrogens is 2. The molecule has 0 aromatic carbocycles. The van der Waals surface area contributed by atoms with Crippen molar-refractivity contribution in [1.29, 1.82) is 0 Å². The summed E-state index contributed by atoms with van der Waals surface area (Å²) in [6, 6.07) is 0. The molecule has 2 atom stereocenters. The van der Waals surface area contributed by atoms with Crippen LogP contribution in [0.5, 0.6) is 0 Å². The third kappa shape index (κ3) is 2.44. The van der Waals surface area contributed by atoms with E-state index in [-0.39, 0.29) is 12.2 Å². The normalized spacial score (nSPS) is 25.8. The highest BCUT2D eigenvalue weighted by atomic mass is 79.9. The van der Waals surface area contributed by atoms with Crippen molar-refractivity contribution < 1.29 is 4.74 Å². The van der Waals surface area contributed by atoms with Crippen LogP contribution in [0, 0.1) is 0 Å². The minimum atomic E-state index is 0.201. The molecular weight excluding hydrogens is 272 g/mol. The molecule has 0 saturated carbocycles. The third-order valence-electron chi connectivity index (χ3n) is 2.46. The topological polar surface area (TPSA) is 64.3 Å². The molecule has 0 amide bonds. The molecule has 0 spiro atoms. The fourth-order valence-electron chi connectivity index (χ4n) is 1.94. The first kappa shape index (κ1) is 11.6. The standard InChI is InChI=1S/C10H15BrN4O/c1-6-4-15(5-7(2)16-6)9-8(11)3-13-10(12)14-9/h3,6-7H,4-5H2,1-2H3,(H2,12,13,14). The van der Waals surface area contributed by atoms with Crippen LogP contribution >= 0.6 is 15.9 Å². The maximum absolute atomic E-state index is 5.68. The monoisotopic (exact) mass is 286 g/mol. The lowest BCUT2D eigenvalue weighted by molar-refractivity contribution is -0.00550. The molecule has 1 saturated heterocycles. The number of morpholine rings is 1. The Kier molecular flexibility index (Phi) is 3.30. The first-order chi connectivity index (χ1) is 7.56. The Balaban J connectivity index is 2.25. The van der Waals surface area contributed by atoms with Gasteiger partial charge in [0, 0.05) is 19.3 Å².